The monoisotopic (exact) mass is 168 g/mol. The van der Waals surface area contributed by atoms with Crippen LogP contribution in [0.4, 0.5) is 0 Å². The minimum absolute atomic E-state index is 0.678. The average Bonchev–Trinajstić information content (AvgIpc) is 1.95. The molecule has 1 rings (SSSR count). The Morgan fingerprint density at radius 3 is 2.91 bits per heavy atom. The lowest BCUT2D eigenvalue weighted by Crippen LogP contribution is -1.90. The topological polar surface area (TPSA) is 48.4 Å². The smallest absolute Gasteiger partial charge is 0.103 e. The van der Waals surface area contributed by atoms with Gasteiger partial charge in [-0.3, -0.25) is 0 Å². The molecule has 0 aliphatic heterocycles. The molecule has 0 saturated carbocycles. The third-order valence-corrected chi connectivity index (χ3v) is 1.59. The normalized spacial score (nSPS) is 10.6. The molecule has 1 heterocycles. The van der Waals surface area contributed by atoms with Crippen LogP contribution in [-0.2, 0) is 0 Å². The lowest BCUT2D eigenvalue weighted by molar-refractivity contribution is 0.322. The molecule has 2 N–H and O–H groups in total. The van der Waals surface area contributed by atoms with E-state index in [1.54, 1.807) is 12.1 Å². The van der Waals surface area contributed by atoms with Crippen molar-refractivity contribution in [1.82, 2.24) is 4.98 Å². The number of hydrogen-bond acceptors (Lipinski definition) is 3. The van der Waals surface area contributed by atoms with Gasteiger partial charge in [0.1, 0.15) is 4.64 Å². The van der Waals surface area contributed by atoms with Gasteiger partial charge in [-0.25, -0.2) is 0 Å². The van der Waals surface area contributed by atoms with Crippen molar-refractivity contribution in [2.45, 2.75) is 6.92 Å². The van der Waals surface area contributed by atoms with E-state index in [0.717, 1.165) is 11.3 Å². The molecule has 4 heteroatoms. The second kappa shape index (κ2) is 3.30. The van der Waals surface area contributed by atoms with Crippen LogP contribution in [0.2, 0.25) is 0 Å². The zero-order valence-corrected chi connectivity index (χ0v) is 6.85. The van der Waals surface area contributed by atoms with E-state index in [9.17, 15) is 0 Å². The average molecular weight is 168 g/mol. The molecule has 0 fully saturated rings. The number of aromatic nitrogens is 1. The Morgan fingerprint density at radius 2 is 2.36 bits per heavy atom. The van der Waals surface area contributed by atoms with Crippen LogP contribution in [0.1, 0.15) is 11.3 Å². The van der Waals surface area contributed by atoms with Gasteiger partial charge in [0.2, 0.25) is 0 Å². The van der Waals surface area contributed by atoms with E-state index in [1.807, 2.05) is 6.92 Å². The fourth-order valence-corrected chi connectivity index (χ4v) is 1.01. The molecule has 0 aromatic carbocycles. The van der Waals surface area contributed by atoms with Gasteiger partial charge in [-0.1, -0.05) is 17.4 Å². The molecule has 0 aliphatic carbocycles. The molecule has 1 aromatic heterocycles. The maximum atomic E-state index is 8.24. The van der Waals surface area contributed by atoms with E-state index in [0.29, 0.717) is 4.64 Å². The number of aromatic amines is 1. The summed E-state index contributed by atoms with van der Waals surface area (Å²) < 4.78 is 0.678. The summed E-state index contributed by atoms with van der Waals surface area (Å²) in [5.74, 6) is 0. The van der Waals surface area contributed by atoms with Gasteiger partial charge in [0.05, 0.1) is 6.21 Å². The Hall–Kier alpha value is -1.16. The van der Waals surface area contributed by atoms with Gasteiger partial charge in [-0.2, -0.15) is 0 Å². The molecule has 0 aliphatic rings. The van der Waals surface area contributed by atoms with Gasteiger partial charge in [-0.15, -0.1) is 0 Å². The lowest BCUT2D eigenvalue weighted by Gasteiger charge is -1.96. The maximum Gasteiger partial charge on any atom is 0.103 e. The third-order valence-electron chi connectivity index (χ3n) is 1.35. The fourth-order valence-electron chi connectivity index (χ4n) is 0.791. The van der Waals surface area contributed by atoms with Gasteiger partial charge >= 0.3 is 0 Å². The number of nitrogens with one attached hydrogen (secondary N) is 1. The molecule has 0 amide bonds. The van der Waals surface area contributed by atoms with Crippen molar-refractivity contribution in [2.75, 3.05) is 0 Å². The SMILES string of the molecule is Cc1[nH]c(=S)ccc1/C=N/O. The molecular weight excluding hydrogens is 160 g/mol. The first-order chi connectivity index (χ1) is 5.24. The molecule has 0 radical (unpaired) electrons. The molecular formula is C7H8N2OS. The van der Waals surface area contributed by atoms with E-state index < -0.39 is 0 Å². The summed E-state index contributed by atoms with van der Waals surface area (Å²) in [6, 6.07) is 3.55. The predicted octanol–water partition coefficient (Wildman–Crippen LogP) is 1.86. The van der Waals surface area contributed by atoms with Crippen LogP contribution in [0.15, 0.2) is 17.3 Å². The largest absolute Gasteiger partial charge is 0.411 e. The minimum atomic E-state index is 0.678. The number of pyridine rings is 1. The van der Waals surface area contributed by atoms with Gasteiger partial charge in [-0.05, 0) is 19.1 Å². The van der Waals surface area contributed by atoms with Crippen molar-refractivity contribution < 1.29 is 5.21 Å². The second-order valence-corrected chi connectivity index (χ2v) is 2.59. The number of nitrogens with zero attached hydrogens (tertiary/aromatic N) is 1. The Balaban J connectivity index is 3.19. The molecule has 3 nitrogen and oxygen atoms in total. The van der Waals surface area contributed by atoms with Gasteiger partial charge < -0.3 is 10.2 Å². The van der Waals surface area contributed by atoms with Gasteiger partial charge in [0.15, 0.2) is 0 Å². The van der Waals surface area contributed by atoms with Gasteiger partial charge in [0.25, 0.3) is 0 Å². The van der Waals surface area contributed by atoms with E-state index in [1.165, 1.54) is 6.21 Å². The molecule has 11 heavy (non-hydrogen) atoms. The zero-order valence-electron chi connectivity index (χ0n) is 6.03. The van der Waals surface area contributed by atoms with Crippen LogP contribution >= 0.6 is 12.2 Å². The summed E-state index contributed by atoms with van der Waals surface area (Å²) >= 11 is 4.88. The summed E-state index contributed by atoms with van der Waals surface area (Å²) in [5, 5.41) is 11.2. The zero-order chi connectivity index (χ0) is 8.27. The van der Waals surface area contributed by atoms with E-state index in [2.05, 4.69) is 10.1 Å². The first-order valence-electron chi connectivity index (χ1n) is 3.11. The predicted molar refractivity (Wildman–Crippen MR) is 45.7 cm³/mol. The lowest BCUT2D eigenvalue weighted by atomic mass is 10.2. The molecule has 0 saturated heterocycles. The Bertz CT molecular complexity index is 329. The van der Waals surface area contributed by atoms with Crippen LogP contribution in [0.5, 0.6) is 0 Å². The van der Waals surface area contributed by atoms with Gasteiger partial charge in [0, 0.05) is 11.3 Å². The quantitative estimate of drug-likeness (QED) is 0.291. The van der Waals surface area contributed by atoms with Crippen molar-refractivity contribution in [3.63, 3.8) is 0 Å². The highest BCUT2D eigenvalue weighted by atomic mass is 32.1. The summed E-state index contributed by atoms with van der Waals surface area (Å²) in [4.78, 5) is 2.94. The summed E-state index contributed by atoms with van der Waals surface area (Å²) in [6.07, 6.45) is 1.36. The van der Waals surface area contributed by atoms with Crippen molar-refractivity contribution in [2.24, 2.45) is 5.16 Å². The highest BCUT2D eigenvalue weighted by Gasteiger charge is 1.92. The van der Waals surface area contributed by atoms with Crippen molar-refractivity contribution in [1.29, 1.82) is 0 Å². The molecule has 58 valence electrons. The Labute approximate surface area is 69.4 Å². The summed E-state index contributed by atoms with van der Waals surface area (Å²) in [5.41, 5.74) is 1.73. The minimum Gasteiger partial charge on any atom is -0.411 e. The first-order valence-corrected chi connectivity index (χ1v) is 3.52. The van der Waals surface area contributed by atoms with E-state index >= 15 is 0 Å². The number of rotatable bonds is 1. The van der Waals surface area contributed by atoms with Crippen LogP contribution in [-0.4, -0.2) is 16.4 Å². The molecule has 0 spiro atoms. The highest BCUT2D eigenvalue weighted by molar-refractivity contribution is 7.71. The van der Waals surface area contributed by atoms with E-state index in [4.69, 9.17) is 17.4 Å². The van der Waals surface area contributed by atoms with Crippen molar-refractivity contribution in [3.05, 3.63) is 28.0 Å². The number of aryl methyl sites for hydroxylation is 1. The third kappa shape index (κ3) is 1.88. The second-order valence-electron chi connectivity index (χ2n) is 2.15. The van der Waals surface area contributed by atoms with Crippen LogP contribution < -0.4 is 0 Å². The number of oxime groups is 1. The number of hydrogen-bond donors (Lipinski definition) is 2. The van der Waals surface area contributed by atoms with Crippen LogP contribution in [0.3, 0.4) is 0 Å². The Morgan fingerprint density at radius 1 is 1.64 bits per heavy atom. The maximum absolute atomic E-state index is 8.24. The first kappa shape index (κ1) is 7.94. The van der Waals surface area contributed by atoms with E-state index in [-0.39, 0.29) is 0 Å². The summed E-state index contributed by atoms with van der Waals surface area (Å²) in [6.45, 7) is 1.87. The molecule has 0 bridgehead atoms. The Kier molecular flexibility index (Phi) is 2.38. The number of H-pyrrole nitrogens is 1. The molecule has 0 atom stereocenters. The van der Waals surface area contributed by atoms with Crippen LogP contribution in [0, 0.1) is 11.6 Å². The fraction of sp³-hybridized carbons (Fsp3) is 0.143. The highest BCUT2D eigenvalue weighted by Crippen LogP contribution is 2.00. The summed E-state index contributed by atoms with van der Waals surface area (Å²) in [7, 11) is 0. The van der Waals surface area contributed by atoms with Crippen molar-refractivity contribution >= 4 is 18.4 Å². The standard InChI is InChI=1S/C7H8N2OS/c1-5-6(4-8-10)2-3-7(11)9-5/h2-4,10H,1H3,(H,9,11)/b8-4+. The molecule has 0 unspecified atom stereocenters. The molecule has 1 aromatic rings. The van der Waals surface area contributed by atoms with Crippen LogP contribution in [0.25, 0.3) is 0 Å². The van der Waals surface area contributed by atoms with Crippen molar-refractivity contribution in [3.8, 4) is 0 Å².